The van der Waals surface area contributed by atoms with E-state index >= 15 is 0 Å². The molecule has 0 bridgehead atoms. The summed E-state index contributed by atoms with van der Waals surface area (Å²) in [6.07, 6.45) is 0. The number of nitrogens with zero attached hydrogens (tertiary/aromatic N) is 3. The molecular formula is C15H15N3O5S. The maximum Gasteiger partial charge on any atom is 0.335 e. The first-order valence-corrected chi connectivity index (χ1v) is 8.16. The molecule has 0 aliphatic heterocycles. The van der Waals surface area contributed by atoms with Gasteiger partial charge in [-0.05, 0) is 42.5 Å². The van der Waals surface area contributed by atoms with E-state index in [1.807, 2.05) is 0 Å². The molecule has 0 aromatic heterocycles. The summed E-state index contributed by atoms with van der Waals surface area (Å²) in [4.78, 5) is 12.6. The summed E-state index contributed by atoms with van der Waals surface area (Å²) < 4.78 is 30.9. The van der Waals surface area contributed by atoms with Crippen LogP contribution in [0.2, 0.25) is 0 Å². The van der Waals surface area contributed by atoms with Crippen LogP contribution in [-0.4, -0.2) is 38.1 Å². The third-order valence-electron chi connectivity index (χ3n) is 3.11. The molecule has 0 spiro atoms. The fraction of sp³-hybridized carbons (Fsp3) is 0.133. The van der Waals surface area contributed by atoms with Crippen LogP contribution in [0.1, 0.15) is 10.4 Å². The molecule has 2 aromatic rings. The van der Waals surface area contributed by atoms with Crippen molar-refractivity contribution in [1.29, 1.82) is 0 Å². The van der Waals surface area contributed by atoms with E-state index in [1.54, 1.807) is 25.1 Å². The van der Waals surface area contributed by atoms with E-state index in [0.29, 0.717) is 17.1 Å². The average molecular weight is 349 g/mol. The largest absolute Gasteiger partial charge is 0.478 e. The number of anilines is 1. The predicted octanol–water partition coefficient (Wildman–Crippen LogP) is 3.11. The Labute approximate surface area is 138 Å². The summed E-state index contributed by atoms with van der Waals surface area (Å²) in [5, 5.41) is 17.1. The molecule has 2 N–H and O–H groups in total. The minimum Gasteiger partial charge on any atom is -0.478 e. The van der Waals surface area contributed by atoms with Gasteiger partial charge in [0.2, 0.25) is 0 Å². The first kappa shape index (κ1) is 17.6. The van der Waals surface area contributed by atoms with Crippen LogP contribution in [0.4, 0.5) is 17.1 Å². The maximum absolute atomic E-state index is 11.1. The molecule has 0 saturated heterocycles. The number of rotatable bonds is 5. The van der Waals surface area contributed by atoms with Gasteiger partial charge in [-0.3, -0.25) is 4.55 Å². The number of carbonyl (C=O) groups is 1. The standard InChI is InChI=1S/C15H15N3O5S/c1-18(2)14-8-3-10(15(19)20)9-13(14)17-16-11-4-6-12(7-5-11)24(21,22)23/h3-9H,1-2H3,(H,19,20)(H,21,22,23). The van der Waals surface area contributed by atoms with Crippen molar-refractivity contribution in [2.75, 3.05) is 19.0 Å². The molecule has 2 aromatic carbocycles. The third kappa shape index (κ3) is 4.15. The fourth-order valence-electron chi connectivity index (χ4n) is 1.91. The van der Waals surface area contributed by atoms with Gasteiger partial charge in [-0.25, -0.2) is 4.79 Å². The highest BCUT2D eigenvalue weighted by molar-refractivity contribution is 7.85. The van der Waals surface area contributed by atoms with E-state index in [1.165, 1.54) is 36.4 Å². The maximum atomic E-state index is 11.1. The average Bonchev–Trinajstić information content (AvgIpc) is 2.52. The lowest BCUT2D eigenvalue weighted by Crippen LogP contribution is -2.09. The van der Waals surface area contributed by atoms with Crippen molar-refractivity contribution in [3.05, 3.63) is 48.0 Å². The van der Waals surface area contributed by atoms with Crippen molar-refractivity contribution in [2.45, 2.75) is 4.90 Å². The molecule has 0 radical (unpaired) electrons. The summed E-state index contributed by atoms with van der Waals surface area (Å²) in [5.74, 6) is -1.07. The molecular weight excluding hydrogens is 334 g/mol. The molecule has 0 aliphatic rings. The molecule has 0 heterocycles. The van der Waals surface area contributed by atoms with Crippen LogP contribution in [0.25, 0.3) is 0 Å². The van der Waals surface area contributed by atoms with E-state index in [9.17, 15) is 13.2 Å². The quantitative estimate of drug-likeness (QED) is 0.632. The van der Waals surface area contributed by atoms with Gasteiger partial charge < -0.3 is 10.0 Å². The lowest BCUT2D eigenvalue weighted by atomic mass is 10.1. The lowest BCUT2D eigenvalue weighted by molar-refractivity contribution is 0.0697. The van der Waals surface area contributed by atoms with Gasteiger partial charge >= 0.3 is 5.97 Å². The highest BCUT2D eigenvalue weighted by Gasteiger charge is 2.10. The van der Waals surface area contributed by atoms with E-state index in [4.69, 9.17) is 9.66 Å². The van der Waals surface area contributed by atoms with Crippen LogP contribution in [-0.2, 0) is 10.1 Å². The molecule has 8 nitrogen and oxygen atoms in total. The molecule has 126 valence electrons. The fourth-order valence-corrected chi connectivity index (χ4v) is 2.39. The zero-order valence-corrected chi connectivity index (χ0v) is 13.7. The van der Waals surface area contributed by atoms with Gasteiger partial charge in [0, 0.05) is 14.1 Å². The van der Waals surface area contributed by atoms with Crippen molar-refractivity contribution in [2.24, 2.45) is 10.2 Å². The van der Waals surface area contributed by atoms with Crippen molar-refractivity contribution >= 4 is 33.1 Å². The molecule has 0 unspecified atom stereocenters. The molecule has 0 aliphatic carbocycles. The third-order valence-corrected chi connectivity index (χ3v) is 3.98. The van der Waals surface area contributed by atoms with Crippen molar-refractivity contribution in [1.82, 2.24) is 0 Å². The topological polar surface area (TPSA) is 120 Å². The molecule has 24 heavy (non-hydrogen) atoms. The van der Waals surface area contributed by atoms with Crippen LogP contribution in [0.5, 0.6) is 0 Å². The number of azo groups is 1. The Hall–Kier alpha value is -2.78. The van der Waals surface area contributed by atoms with Gasteiger partial charge in [-0.2, -0.15) is 13.5 Å². The predicted molar refractivity (Wildman–Crippen MR) is 88.2 cm³/mol. The van der Waals surface area contributed by atoms with E-state index in [0.717, 1.165) is 0 Å². The van der Waals surface area contributed by atoms with Crippen LogP contribution in [0.3, 0.4) is 0 Å². The summed E-state index contributed by atoms with van der Waals surface area (Å²) >= 11 is 0. The molecule has 2 rings (SSSR count). The first-order valence-electron chi connectivity index (χ1n) is 6.72. The minimum atomic E-state index is -4.26. The van der Waals surface area contributed by atoms with Crippen molar-refractivity contribution in [3.63, 3.8) is 0 Å². The van der Waals surface area contributed by atoms with Gasteiger partial charge in [0.15, 0.2) is 0 Å². The second kappa shape index (κ2) is 6.77. The van der Waals surface area contributed by atoms with Gasteiger partial charge in [0.05, 0.1) is 21.8 Å². The Kier molecular flexibility index (Phi) is 4.96. The second-order valence-corrected chi connectivity index (χ2v) is 6.49. The smallest absolute Gasteiger partial charge is 0.335 e. The van der Waals surface area contributed by atoms with Crippen LogP contribution < -0.4 is 4.90 Å². The van der Waals surface area contributed by atoms with Crippen LogP contribution >= 0.6 is 0 Å². The Morgan fingerprint density at radius 3 is 2.17 bits per heavy atom. The van der Waals surface area contributed by atoms with Gasteiger partial charge in [-0.15, -0.1) is 5.11 Å². The summed E-state index contributed by atoms with van der Waals surface area (Å²) in [6.45, 7) is 0. The highest BCUT2D eigenvalue weighted by atomic mass is 32.2. The number of hydrogen-bond donors (Lipinski definition) is 2. The van der Waals surface area contributed by atoms with E-state index in [-0.39, 0.29) is 10.5 Å². The summed E-state index contributed by atoms with van der Waals surface area (Å²) in [6, 6.07) is 9.64. The zero-order valence-electron chi connectivity index (χ0n) is 12.9. The summed E-state index contributed by atoms with van der Waals surface area (Å²) in [5.41, 5.74) is 1.47. The molecule has 0 saturated carbocycles. The summed E-state index contributed by atoms with van der Waals surface area (Å²) in [7, 11) is -0.689. The number of hydrogen-bond acceptors (Lipinski definition) is 6. The Morgan fingerprint density at radius 2 is 1.67 bits per heavy atom. The van der Waals surface area contributed by atoms with Gasteiger partial charge in [-0.1, -0.05) is 0 Å². The monoisotopic (exact) mass is 349 g/mol. The Balaban J connectivity index is 2.37. The minimum absolute atomic E-state index is 0.0799. The molecule has 9 heteroatoms. The Bertz CT molecular complexity index is 890. The highest BCUT2D eigenvalue weighted by Crippen LogP contribution is 2.30. The number of aromatic carboxylic acids is 1. The van der Waals surface area contributed by atoms with Gasteiger partial charge in [0.25, 0.3) is 10.1 Å². The molecule has 0 atom stereocenters. The number of carboxylic acids is 1. The first-order chi connectivity index (χ1) is 11.2. The van der Waals surface area contributed by atoms with Crippen molar-refractivity contribution < 1.29 is 22.9 Å². The van der Waals surface area contributed by atoms with Crippen LogP contribution in [0, 0.1) is 0 Å². The second-order valence-electron chi connectivity index (χ2n) is 5.07. The van der Waals surface area contributed by atoms with E-state index in [2.05, 4.69) is 10.2 Å². The van der Waals surface area contributed by atoms with Crippen molar-refractivity contribution in [3.8, 4) is 0 Å². The van der Waals surface area contributed by atoms with Gasteiger partial charge in [0.1, 0.15) is 5.69 Å². The number of carboxylic acid groups (broad SMARTS) is 1. The molecule has 0 fully saturated rings. The lowest BCUT2D eigenvalue weighted by Gasteiger charge is -2.14. The number of benzene rings is 2. The normalized spacial score (nSPS) is 11.6. The molecule has 0 amide bonds. The van der Waals surface area contributed by atoms with E-state index < -0.39 is 16.1 Å². The SMILES string of the molecule is CN(C)c1ccc(C(=O)O)cc1N=Nc1ccc(S(=O)(=O)O)cc1. The van der Waals surface area contributed by atoms with Crippen LogP contribution in [0.15, 0.2) is 57.6 Å². The Morgan fingerprint density at radius 1 is 1.04 bits per heavy atom. The zero-order chi connectivity index (χ0) is 17.9.